The number of hydrazone groups is 1. The van der Waals surface area contributed by atoms with Crippen LogP contribution in [0.2, 0.25) is 5.15 Å². The molecule has 108 valence electrons. The van der Waals surface area contributed by atoms with Gasteiger partial charge < -0.3 is 10.9 Å². The summed E-state index contributed by atoms with van der Waals surface area (Å²) in [4.78, 5) is 0. The smallest absolute Gasteiger partial charge is 0.155 e. The molecule has 1 saturated carbocycles. The van der Waals surface area contributed by atoms with Crippen LogP contribution in [-0.4, -0.2) is 21.0 Å². The van der Waals surface area contributed by atoms with E-state index in [-0.39, 0.29) is 5.75 Å². The van der Waals surface area contributed by atoms with E-state index in [1.165, 1.54) is 6.42 Å². The summed E-state index contributed by atoms with van der Waals surface area (Å²) >= 11 is 6.14. The summed E-state index contributed by atoms with van der Waals surface area (Å²) in [6.45, 7) is 0. The molecular weight excluding hydrogens is 288 g/mol. The second-order valence-electron chi connectivity index (χ2n) is 5.13. The SMILES string of the molecule is N/N=C(\c1ccc(O)cc1)c1cc(C2CCC2)c(Cl)nn1. The van der Waals surface area contributed by atoms with Crippen LogP contribution >= 0.6 is 11.6 Å². The standard InChI is InChI=1S/C15H15ClN4O/c16-15-12(9-2-1-3-9)8-13(19-20-15)14(18-17)10-4-6-11(21)7-5-10/h4-9,21H,1-3,17H2/b18-14+. The van der Waals surface area contributed by atoms with E-state index in [1.54, 1.807) is 24.3 Å². The lowest BCUT2D eigenvalue weighted by Crippen LogP contribution is -2.15. The zero-order valence-corrected chi connectivity index (χ0v) is 12.1. The van der Waals surface area contributed by atoms with Gasteiger partial charge in [-0.25, -0.2) is 0 Å². The average Bonchev–Trinajstić information content (AvgIpc) is 2.43. The third kappa shape index (κ3) is 2.69. The molecule has 0 aliphatic heterocycles. The highest BCUT2D eigenvalue weighted by Crippen LogP contribution is 2.39. The summed E-state index contributed by atoms with van der Waals surface area (Å²) < 4.78 is 0. The van der Waals surface area contributed by atoms with Crippen molar-refractivity contribution in [3.63, 3.8) is 0 Å². The van der Waals surface area contributed by atoms with E-state index in [2.05, 4.69) is 15.3 Å². The molecule has 6 heteroatoms. The fraction of sp³-hybridized carbons (Fsp3) is 0.267. The highest BCUT2D eigenvalue weighted by atomic mass is 35.5. The summed E-state index contributed by atoms with van der Waals surface area (Å²) in [5.41, 5.74) is 2.90. The van der Waals surface area contributed by atoms with Gasteiger partial charge in [-0.2, -0.15) is 5.10 Å². The first kappa shape index (κ1) is 13.8. The van der Waals surface area contributed by atoms with Gasteiger partial charge >= 0.3 is 0 Å². The second-order valence-corrected chi connectivity index (χ2v) is 5.49. The van der Waals surface area contributed by atoms with Gasteiger partial charge in [0.1, 0.15) is 17.2 Å². The molecule has 3 N–H and O–H groups in total. The third-order valence-corrected chi connectivity index (χ3v) is 4.13. The molecule has 1 aliphatic carbocycles. The first-order valence-corrected chi connectivity index (χ1v) is 7.17. The van der Waals surface area contributed by atoms with Crippen molar-refractivity contribution in [3.8, 4) is 5.75 Å². The van der Waals surface area contributed by atoms with E-state index < -0.39 is 0 Å². The largest absolute Gasteiger partial charge is 0.508 e. The number of aromatic nitrogens is 2. The number of rotatable bonds is 3. The van der Waals surface area contributed by atoms with Crippen molar-refractivity contribution in [3.05, 3.63) is 52.3 Å². The number of halogens is 1. The number of benzene rings is 1. The Balaban J connectivity index is 1.99. The quantitative estimate of drug-likeness (QED) is 0.519. The number of phenolic OH excluding ortho intramolecular Hbond substituents is 1. The lowest BCUT2D eigenvalue weighted by Gasteiger charge is -2.26. The maximum Gasteiger partial charge on any atom is 0.155 e. The summed E-state index contributed by atoms with van der Waals surface area (Å²) in [5, 5.41) is 21.7. The van der Waals surface area contributed by atoms with Crippen LogP contribution in [0.15, 0.2) is 35.4 Å². The second kappa shape index (κ2) is 5.69. The van der Waals surface area contributed by atoms with Crippen LogP contribution in [-0.2, 0) is 0 Å². The van der Waals surface area contributed by atoms with Gasteiger partial charge in [0.15, 0.2) is 5.15 Å². The van der Waals surface area contributed by atoms with Gasteiger partial charge in [0.25, 0.3) is 0 Å². The first-order valence-electron chi connectivity index (χ1n) is 6.80. The topological polar surface area (TPSA) is 84.4 Å². The van der Waals surface area contributed by atoms with Crippen LogP contribution in [0, 0.1) is 0 Å². The molecule has 0 unspecified atom stereocenters. The Bertz CT molecular complexity index is 681. The molecule has 0 spiro atoms. The minimum absolute atomic E-state index is 0.187. The molecule has 0 amide bonds. The summed E-state index contributed by atoms with van der Waals surface area (Å²) in [6.07, 6.45) is 3.47. The average molecular weight is 303 g/mol. The molecule has 0 atom stereocenters. The monoisotopic (exact) mass is 302 g/mol. The number of phenols is 1. The minimum Gasteiger partial charge on any atom is -0.508 e. The summed E-state index contributed by atoms with van der Waals surface area (Å²) in [5.74, 6) is 6.15. The highest BCUT2D eigenvalue weighted by molar-refractivity contribution is 6.30. The maximum absolute atomic E-state index is 9.36. The first-order chi connectivity index (χ1) is 10.2. The predicted molar refractivity (Wildman–Crippen MR) is 81.6 cm³/mol. The van der Waals surface area contributed by atoms with E-state index >= 15 is 0 Å². The maximum atomic E-state index is 9.36. The summed E-state index contributed by atoms with van der Waals surface area (Å²) in [7, 11) is 0. The lowest BCUT2D eigenvalue weighted by molar-refractivity contribution is 0.418. The molecule has 5 nitrogen and oxygen atoms in total. The molecule has 21 heavy (non-hydrogen) atoms. The van der Waals surface area contributed by atoms with Gasteiger partial charge in [0, 0.05) is 5.56 Å². The zero-order chi connectivity index (χ0) is 14.8. The Labute approximate surface area is 127 Å². The van der Waals surface area contributed by atoms with Crippen LogP contribution in [0.5, 0.6) is 5.75 Å². The van der Waals surface area contributed by atoms with E-state index in [0.717, 1.165) is 24.0 Å². The van der Waals surface area contributed by atoms with Crippen molar-refractivity contribution < 1.29 is 5.11 Å². The number of aromatic hydroxyl groups is 1. The zero-order valence-electron chi connectivity index (χ0n) is 11.3. The van der Waals surface area contributed by atoms with Crippen molar-refractivity contribution in [1.82, 2.24) is 10.2 Å². The van der Waals surface area contributed by atoms with Crippen molar-refractivity contribution in [1.29, 1.82) is 0 Å². The molecule has 1 aromatic carbocycles. The normalized spacial score (nSPS) is 15.8. The Hall–Kier alpha value is -2.14. The third-order valence-electron chi connectivity index (χ3n) is 3.83. The van der Waals surface area contributed by atoms with Gasteiger partial charge in [0.05, 0.1) is 0 Å². The molecule has 1 fully saturated rings. The molecule has 2 aromatic rings. The lowest BCUT2D eigenvalue weighted by atomic mass is 9.80. The van der Waals surface area contributed by atoms with Crippen molar-refractivity contribution in [2.45, 2.75) is 25.2 Å². The number of nitrogens with two attached hydrogens (primary N) is 1. The van der Waals surface area contributed by atoms with E-state index in [0.29, 0.717) is 22.5 Å². The molecule has 1 heterocycles. The predicted octanol–water partition coefficient (Wildman–Crippen LogP) is 2.81. The van der Waals surface area contributed by atoms with Gasteiger partial charge in [-0.15, -0.1) is 10.2 Å². The molecule has 0 bridgehead atoms. The van der Waals surface area contributed by atoms with E-state index in [1.807, 2.05) is 6.07 Å². The number of nitrogens with zero attached hydrogens (tertiary/aromatic N) is 3. The van der Waals surface area contributed by atoms with Crippen LogP contribution < -0.4 is 5.84 Å². The molecule has 1 aliphatic rings. The van der Waals surface area contributed by atoms with Crippen LogP contribution in [0.4, 0.5) is 0 Å². The fourth-order valence-electron chi connectivity index (χ4n) is 2.42. The number of hydrogen-bond donors (Lipinski definition) is 2. The van der Waals surface area contributed by atoms with Crippen molar-refractivity contribution in [2.75, 3.05) is 0 Å². The Kier molecular flexibility index (Phi) is 3.75. The van der Waals surface area contributed by atoms with Crippen LogP contribution in [0.25, 0.3) is 0 Å². The Morgan fingerprint density at radius 3 is 2.52 bits per heavy atom. The van der Waals surface area contributed by atoms with E-state index in [4.69, 9.17) is 17.4 Å². The van der Waals surface area contributed by atoms with Crippen molar-refractivity contribution >= 4 is 17.3 Å². The minimum atomic E-state index is 0.187. The number of hydrogen-bond acceptors (Lipinski definition) is 5. The van der Waals surface area contributed by atoms with Gasteiger partial charge in [-0.1, -0.05) is 18.0 Å². The van der Waals surface area contributed by atoms with Gasteiger partial charge in [-0.3, -0.25) is 0 Å². The molecule has 1 aromatic heterocycles. The van der Waals surface area contributed by atoms with E-state index in [9.17, 15) is 5.11 Å². The molecule has 0 radical (unpaired) electrons. The van der Waals surface area contributed by atoms with Gasteiger partial charge in [-0.05, 0) is 54.7 Å². The Morgan fingerprint density at radius 2 is 1.95 bits per heavy atom. The fourth-order valence-corrected chi connectivity index (χ4v) is 2.67. The Morgan fingerprint density at radius 1 is 1.24 bits per heavy atom. The summed E-state index contributed by atoms with van der Waals surface area (Å²) in [6, 6.07) is 8.55. The highest BCUT2D eigenvalue weighted by Gasteiger charge is 2.24. The van der Waals surface area contributed by atoms with Gasteiger partial charge in [0.2, 0.25) is 0 Å². The van der Waals surface area contributed by atoms with Crippen LogP contribution in [0.3, 0.4) is 0 Å². The molecular formula is C15H15ClN4O. The van der Waals surface area contributed by atoms with Crippen LogP contribution in [0.1, 0.15) is 42.0 Å². The van der Waals surface area contributed by atoms with Crippen molar-refractivity contribution in [2.24, 2.45) is 10.9 Å². The molecule has 3 rings (SSSR count). The molecule has 0 saturated heterocycles.